The molecule has 1 N–H and O–H groups in total. The van der Waals surface area contributed by atoms with E-state index in [4.69, 9.17) is 0 Å². The first-order valence-electron chi connectivity index (χ1n) is 7.76. The maximum absolute atomic E-state index is 13.4. The van der Waals surface area contributed by atoms with Gasteiger partial charge in [-0.15, -0.1) is 0 Å². The number of imidazole rings is 1. The van der Waals surface area contributed by atoms with Gasteiger partial charge in [0.15, 0.2) is 0 Å². The quantitative estimate of drug-likeness (QED) is 0.941. The van der Waals surface area contributed by atoms with Crippen LogP contribution >= 0.6 is 0 Å². The Labute approximate surface area is 124 Å². The van der Waals surface area contributed by atoms with Crippen molar-refractivity contribution in [3.05, 3.63) is 29.8 Å². The fraction of sp³-hybridized carbons (Fsp3) is 0.562. The molecule has 0 atom stereocenters. The second kappa shape index (κ2) is 6.54. The molecule has 1 fully saturated rings. The number of rotatable bonds is 4. The molecule has 0 radical (unpaired) electrons. The molecule has 0 bridgehead atoms. The second-order valence-corrected chi connectivity index (χ2v) is 5.73. The number of benzene rings is 1. The van der Waals surface area contributed by atoms with Crippen LogP contribution in [0.1, 0.15) is 31.5 Å². The summed E-state index contributed by atoms with van der Waals surface area (Å²) in [5.74, 6) is 0.657. The minimum absolute atomic E-state index is 0.0653. The third-order valence-electron chi connectivity index (χ3n) is 4.18. The summed E-state index contributed by atoms with van der Waals surface area (Å²) in [6.07, 6.45) is 5.06. The van der Waals surface area contributed by atoms with Crippen molar-refractivity contribution in [1.82, 2.24) is 14.5 Å². The molecule has 4 nitrogen and oxygen atoms in total. The highest BCUT2D eigenvalue weighted by molar-refractivity contribution is 5.76. The second-order valence-electron chi connectivity index (χ2n) is 5.73. The molecule has 0 unspecified atom stereocenters. The number of hydrogen-bond acceptors (Lipinski definition) is 3. The molecular weight excluding hydrogens is 269 g/mol. The van der Waals surface area contributed by atoms with Crippen LogP contribution in [0, 0.1) is 5.82 Å². The van der Waals surface area contributed by atoms with Crippen molar-refractivity contribution in [2.75, 3.05) is 19.7 Å². The van der Waals surface area contributed by atoms with Crippen molar-refractivity contribution in [1.29, 1.82) is 0 Å². The van der Waals surface area contributed by atoms with E-state index in [0.29, 0.717) is 12.1 Å². The molecule has 2 aromatic rings. The van der Waals surface area contributed by atoms with Crippen LogP contribution in [-0.2, 0) is 13.1 Å². The maximum Gasteiger partial charge on any atom is 0.125 e. The number of aliphatic hydroxyl groups excluding tert-OH is 1. The van der Waals surface area contributed by atoms with Crippen LogP contribution in [0.4, 0.5) is 4.39 Å². The highest BCUT2D eigenvalue weighted by Gasteiger charge is 2.16. The average Bonchev–Trinajstić information content (AvgIpc) is 2.65. The number of nitrogens with zero attached hydrogens (tertiary/aromatic N) is 3. The van der Waals surface area contributed by atoms with Crippen LogP contribution in [0.5, 0.6) is 0 Å². The summed E-state index contributed by atoms with van der Waals surface area (Å²) < 4.78 is 15.4. The number of aromatic nitrogens is 2. The third kappa shape index (κ3) is 3.24. The zero-order valence-corrected chi connectivity index (χ0v) is 12.3. The van der Waals surface area contributed by atoms with Gasteiger partial charge in [0, 0.05) is 12.6 Å². The predicted molar refractivity (Wildman–Crippen MR) is 80.5 cm³/mol. The number of aliphatic hydroxyl groups is 1. The van der Waals surface area contributed by atoms with Crippen molar-refractivity contribution < 1.29 is 9.50 Å². The standard InChI is InChI=1S/C16H22FN3O/c17-13-5-6-15-14(11-13)18-16(20(15)9-10-21)12-19-7-3-1-2-4-8-19/h5-6,11,21H,1-4,7-10,12H2. The molecule has 1 saturated heterocycles. The zero-order valence-electron chi connectivity index (χ0n) is 12.3. The van der Waals surface area contributed by atoms with Crippen LogP contribution < -0.4 is 0 Å². The largest absolute Gasteiger partial charge is 0.395 e. The summed E-state index contributed by atoms with van der Waals surface area (Å²) in [7, 11) is 0. The lowest BCUT2D eigenvalue weighted by Crippen LogP contribution is -2.26. The first-order valence-corrected chi connectivity index (χ1v) is 7.76. The Morgan fingerprint density at radius 1 is 1.14 bits per heavy atom. The summed E-state index contributed by atoms with van der Waals surface area (Å²) in [6.45, 7) is 3.53. The van der Waals surface area contributed by atoms with Gasteiger partial charge >= 0.3 is 0 Å². The lowest BCUT2D eigenvalue weighted by molar-refractivity contribution is 0.252. The number of hydrogen-bond donors (Lipinski definition) is 1. The molecule has 1 aliphatic heterocycles. The highest BCUT2D eigenvalue weighted by atomic mass is 19.1. The van der Waals surface area contributed by atoms with Gasteiger partial charge in [0.1, 0.15) is 11.6 Å². The van der Waals surface area contributed by atoms with Gasteiger partial charge < -0.3 is 9.67 Å². The molecule has 5 heteroatoms. The topological polar surface area (TPSA) is 41.3 Å². The third-order valence-corrected chi connectivity index (χ3v) is 4.18. The van der Waals surface area contributed by atoms with Crippen molar-refractivity contribution in [2.24, 2.45) is 0 Å². The molecule has 21 heavy (non-hydrogen) atoms. The van der Waals surface area contributed by atoms with Crippen LogP contribution in [0.15, 0.2) is 18.2 Å². The molecule has 0 aliphatic carbocycles. The van der Waals surface area contributed by atoms with E-state index in [0.717, 1.165) is 31.0 Å². The van der Waals surface area contributed by atoms with E-state index in [1.165, 1.54) is 37.8 Å². The maximum atomic E-state index is 13.4. The molecule has 1 aliphatic rings. The van der Waals surface area contributed by atoms with E-state index in [1.807, 2.05) is 4.57 Å². The molecular formula is C16H22FN3O. The number of likely N-dealkylation sites (tertiary alicyclic amines) is 1. The SMILES string of the molecule is OCCn1c(CN2CCCCCC2)nc2cc(F)ccc21. The van der Waals surface area contributed by atoms with E-state index >= 15 is 0 Å². The molecule has 0 amide bonds. The summed E-state index contributed by atoms with van der Waals surface area (Å²) in [5, 5.41) is 9.29. The van der Waals surface area contributed by atoms with Gasteiger partial charge in [-0.05, 0) is 38.1 Å². The average molecular weight is 291 g/mol. The fourth-order valence-electron chi connectivity index (χ4n) is 3.12. The number of fused-ring (bicyclic) bond motifs is 1. The van der Waals surface area contributed by atoms with Gasteiger partial charge in [-0.2, -0.15) is 0 Å². The fourth-order valence-corrected chi connectivity index (χ4v) is 3.12. The molecule has 3 rings (SSSR count). The zero-order chi connectivity index (χ0) is 14.7. The van der Waals surface area contributed by atoms with Gasteiger partial charge in [-0.1, -0.05) is 12.8 Å². The van der Waals surface area contributed by atoms with Crippen LogP contribution in [0.25, 0.3) is 11.0 Å². The summed E-state index contributed by atoms with van der Waals surface area (Å²) in [5.41, 5.74) is 1.57. The van der Waals surface area contributed by atoms with Crippen molar-refractivity contribution in [3.8, 4) is 0 Å². The van der Waals surface area contributed by atoms with Gasteiger partial charge in [-0.25, -0.2) is 9.37 Å². The first kappa shape index (κ1) is 14.5. The van der Waals surface area contributed by atoms with E-state index in [2.05, 4.69) is 9.88 Å². The minimum atomic E-state index is -0.266. The van der Waals surface area contributed by atoms with Crippen molar-refractivity contribution >= 4 is 11.0 Å². The molecule has 1 aromatic heterocycles. The molecule has 2 heterocycles. The number of halogens is 1. The predicted octanol–water partition coefficient (Wildman–Crippen LogP) is 2.54. The van der Waals surface area contributed by atoms with Crippen molar-refractivity contribution in [3.63, 3.8) is 0 Å². The monoisotopic (exact) mass is 291 g/mol. The van der Waals surface area contributed by atoms with Gasteiger partial charge in [0.05, 0.1) is 24.2 Å². The van der Waals surface area contributed by atoms with Gasteiger partial charge in [0.25, 0.3) is 0 Å². The Morgan fingerprint density at radius 3 is 2.62 bits per heavy atom. The summed E-state index contributed by atoms with van der Waals surface area (Å²) in [6, 6.07) is 4.67. The molecule has 0 saturated carbocycles. The van der Waals surface area contributed by atoms with E-state index in [9.17, 15) is 9.50 Å². The minimum Gasteiger partial charge on any atom is -0.395 e. The molecule has 1 aromatic carbocycles. The lowest BCUT2D eigenvalue weighted by atomic mass is 10.2. The summed E-state index contributed by atoms with van der Waals surface area (Å²) in [4.78, 5) is 7.00. The van der Waals surface area contributed by atoms with Crippen molar-refractivity contribution in [2.45, 2.75) is 38.8 Å². The Bertz CT molecular complexity index is 603. The van der Waals surface area contributed by atoms with E-state index in [-0.39, 0.29) is 12.4 Å². The van der Waals surface area contributed by atoms with E-state index in [1.54, 1.807) is 6.07 Å². The Hall–Kier alpha value is -1.46. The first-order chi connectivity index (χ1) is 10.3. The van der Waals surface area contributed by atoms with E-state index < -0.39 is 0 Å². The molecule has 114 valence electrons. The Morgan fingerprint density at radius 2 is 1.90 bits per heavy atom. The van der Waals surface area contributed by atoms with Gasteiger partial charge in [-0.3, -0.25) is 4.90 Å². The Balaban J connectivity index is 1.90. The van der Waals surface area contributed by atoms with Crippen LogP contribution in [0.2, 0.25) is 0 Å². The summed E-state index contributed by atoms with van der Waals surface area (Å²) >= 11 is 0. The van der Waals surface area contributed by atoms with Gasteiger partial charge in [0.2, 0.25) is 0 Å². The Kier molecular flexibility index (Phi) is 4.51. The lowest BCUT2D eigenvalue weighted by Gasteiger charge is -2.19. The van der Waals surface area contributed by atoms with Crippen LogP contribution in [0.3, 0.4) is 0 Å². The normalized spacial score (nSPS) is 17.2. The highest BCUT2D eigenvalue weighted by Crippen LogP contribution is 2.20. The smallest absolute Gasteiger partial charge is 0.125 e. The van der Waals surface area contributed by atoms with Crippen LogP contribution in [-0.4, -0.2) is 39.3 Å². The molecule has 0 spiro atoms.